The van der Waals surface area contributed by atoms with Crippen molar-refractivity contribution in [2.24, 2.45) is 0 Å². The van der Waals surface area contributed by atoms with E-state index in [1.807, 2.05) is 11.8 Å². The molecule has 1 fully saturated rings. The summed E-state index contributed by atoms with van der Waals surface area (Å²) < 4.78 is 0. The van der Waals surface area contributed by atoms with Gasteiger partial charge < -0.3 is 5.32 Å². The molecule has 1 aliphatic rings. The Labute approximate surface area is 133 Å². The number of rotatable bonds is 4. The van der Waals surface area contributed by atoms with E-state index in [4.69, 9.17) is 9.97 Å². The summed E-state index contributed by atoms with van der Waals surface area (Å²) in [6, 6.07) is 0. The molecule has 0 bridgehead atoms. The first-order chi connectivity index (χ1) is 9.78. The molecule has 3 nitrogen and oxygen atoms in total. The second-order valence-electron chi connectivity index (χ2n) is 7.20. The van der Waals surface area contributed by atoms with E-state index in [1.165, 1.54) is 24.2 Å². The van der Waals surface area contributed by atoms with Crippen LogP contribution in [0.4, 0.5) is 0 Å². The van der Waals surface area contributed by atoms with Gasteiger partial charge >= 0.3 is 0 Å². The molecule has 0 radical (unpaired) electrons. The van der Waals surface area contributed by atoms with Crippen LogP contribution in [0.5, 0.6) is 0 Å². The normalized spacial score (nSPS) is 20.8. The molecule has 0 aromatic carbocycles. The number of nitrogens with zero attached hydrogens (tertiary/aromatic N) is 2. The summed E-state index contributed by atoms with van der Waals surface area (Å²) in [7, 11) is 0. The molecule has 2 atom stereocenters. The number of hydrogen-bond donors (Lipinski definition) is 1. The van der Waals surface area contributed by atoms with Crippen LogP contribution >= 0.6 is 11.8 Å². The fourth-order valence-corrected chi connectivity index (χ4v) is 4.16. The lowest BCUT2D eigenvalue weighted by Crippen LogP contribution is -2.38. The predicted molar refractivity (Wildman–Crippen MR) is 92.1 cm³/mol. The lowest BCUT2D eigenvalue weighted by Gasteiger charge is -2.25. The Balaban J connectivity index is 2.16. The van der Waals surface area contributed by atoms with Gasteiger partial charge in [0.25, 0.3) is 0 Å². The third kappa shape index (κ3) is 4.43. The van der Waals surface area contributed by atoms with Crippen LogP contribution in [0.15, 0.2) is 0 Å². The van der Waals surface area contributed by atoms with E-state index in [0.717, 1.165) is 23.8 Å². The highest BCUT2D eigenvalue weighted by Gasteiger charge is 2.23. The molecule has 1 aromatic rings. The van der Waals surface area contributed by atoms with Gasteiger partial charge in [-0.15, -0.1) is 0 Å². The minimum absolute atomic E-state index is 0.150. The van der Waals surface area contributed by atoms with Crippen LogP contribution in [-0.2, 0) is 0 Å². The molecule has 1 aromatic heterocycles. The zero-order valence-corrected chi connectivity index (χ0v) is 15.1. The Morgan fingerprint density at radius 2 is 1.86 bits per heavy atom. The van der Waals surface area contributed by atoms with Gasteiger partial charge in [-0.1, -0.05) is 6.92 Å². The van der Waals surface area contributed by atoms with Crippen molar-refractivity contribution in [3.63, 3.8) is 0 Å². The molecular weight excluding hydrogens is 278 g/mol. The Morgan fingerprint density at radius 3 is 2.33 bits per heavy atom. The van der Waals surface area contributed by atoms with Crippen LogP contribution in [0.3, 0.4) is 0 Å². The Kier molecular flexibility index (Phi) is 5.31. The first-order valence-electron chi connectivity index (χ1n) is 7.99. The molecular formula is C17H29N3S. The highest BCUT2D eigenvalue weighted by molar-refractivity contribution is 7.99. The molecule has 0 saturated carbocycles. The molecule has 4 heteroatoms. The third-order valence-electron chi connectivity index (χ3n) is 3.99. The molecule has 1 aliphatic heterocycles. The summed E-state index contributed by atoms with van der Waals surface area (Å²) in [5, 5.41) is 4.10. The van der Waals surface area contributed by atoms with Gasteiger partial charge in [0.1, 0.15) is 5.82 Å². The second kappa shape index (κ2) is 6.66. The number of thioether (sulfide) groups is 1. The van der Waals surface area contributed by atoms with Crippen molar-refractivity contribution in [1.82, 2.24) is 15.3 Å². The maximum Gasteiger partial charge on any atom is 0.141 e. The molecule has 21 heavy (non-hydrogen) atoms. The van der Waals surface area contributed by atoms with Crippen molar-refractivity contribution in [2.45, 2.75) is 71.1 Å². The smallest absolute Gasteiger partial charge is 0.141 e. The van der Waals surface area contributed by atoms with Crippen molar-refractivity contribution in [3.05, 3.63) is 22.8 Å². The highest BCUT2D eigenvalue weighted by Crippen LogP contribution is 2.38. The second-order valence-corrected chi connectivity index (χ2v) is 8.51. The van der Waals surface area contributed by atoms with Gasteiger partial charge in [-0.3, -0.25) is 0 Å². The summed E-state index contributed by atoms with van der Waals surface area (Å²) in [6.07, 6.45) is 2.52. The van der Waals surface area contributed by atoms with E-state index in [9.17, 15) is 0 Å². The molecule has 0 amide bonds. The topological polar surface area (TPSA) is 37.8 Å². The van der Waals surface area contributed by atoms with Crippen molar-refractivity contribution in [3.8, 4) is 0 Å². The number of aromatic nitrogens is 2. The lowest BCUT2D eigenvalue weighted by atomic mass is 9.96. The van der Waals surface area contributed by atoms with E-state index in [1.54, 1.807) is 0 Å². The molecule has 2 heterocycles. The number of aryl methyl sites for hydroxylation is 2. The van der Waals surface area contributed by atoms with Crippen molar-refractivity contribution >= 4 is 11.8 Å². The summed E-state index contributed by atoms with van der Waals surface area (Å²) >= 11 is 2.00. The fraction of sp³-hybridized carbons (Fsp3) is 0.765. The van der Waals surface area contributed by atoms with Crippen molar-refractivity contribution < 1.29 is 0 Å². The summed E-state index contributed by atoms with van der Waals surface area (Å²) in [5.41, 5.74) is 3.79. The molecule has 0 spiro atoms. The van der Waals surface area contributed by atoms with E-state index < -0.39 is 0 Å². The van der Waals surface area contributed by atoms with Crippen LogP contribution in [-0.4, -0.2) is 27.8 Å². The van der Waals surface area contributed by atoms with Crippen LogP contribution in [0, 0.1) is 13.8 Å². The number of hydrogen-bond acceptors (Lipinski definition) is 4. The average Bonchev–Trinajstić information content (AvgIpc) is 2.88. The minimum Gasteiger partial charge on any atom is -0.311 e. The highest BCUT2D eigenvalue weighted by atomic mass is 32.2. The quantitative estimate of drug-likeness (QED) is 0.906. The largest absolute Gasteiger partial charge is 0.311 e. The first kappa shape index (κ1) is 16.8. The molecule has 118 valence electrons. The van der Waals surface area contributed by atoms with Gasteiger partial charge in [-0.05, 0) is 64.7 Å². The predicted octanol–water partition coefficient (Wildman–Crippen LogP) is 4.15. The standard InChI is InChI=1S/C17H29N3S/c1-11(10-18-17(4,5)6)15-12(2)19-16(20-13(15)3)14-8-7-9-21-14/h11,14,18H,7-10H2,1-6H3. The monoisotopic (exact) mass is 307 g/mol. The maximum atomic E-state index is 4.82. The van der Waals surface area contributed by atoms with Crippen LogP contribution in [0.2, 0.25) is 0 Å². The molecule has 2 rings (SSSR count). The van der Waals surface area contributed by atoms with Gasteiger partial charge in [-0.25, -0.2) is 9.97 Å². The summed E-state index contributed by atoms with van der Waals surface area (Å²) in [6.45, 7) is 14.1. The molecule has 1 saturated heterocycles. The van der Waals surface area contributed by atoms with Gasteiger partial charge in [0.2, 0.25) is 0 Å². The van der Waals surface area contributed by atoms with Crippen LogP contribution in [0.1, 0.15) is 74.5 Å². The van der Waals surface area contributed by atoms with Gasteiger partial charge in [-0.2, -0.15) is 11.8 Å². The van der Waals surface area contributed by atoms with E-state index in [-0.39, 0.29) is 5.54 Å². The fourth-order valence-electron chi connectivity index (χ4n) is 2.95. The summed E-state index contributed by atoms with van der Waals surface area (Å²) in [4.78, 5) is 9.64. The maximum absolute atomic E-state index is 4.82. The zero-order chi connectivity index (χ0) is 15.6. The van der Waals surface area contributed by atoms with E-state index in [0.29, 0.717) is 11.2 Å². The van der Waals surface area contributed by atoms with Crippen LogP contribution < -0.4 is 5.32 Å². The third-order valence-corrected chi connectivity index (χ3v) is 5.37. The Morgan fingerprint density at radius 1 is 1.24 bits per heavy atom. The SMILES string of the molecule is Cc1nc(C2CCCS2)nc(C)c1C(C)CNC(C)(C)C. The molecule has 0 aliphatic carbocycles. The summed E-state index contributed by atoms with van der Waals surface area (Å²) in [5.74, 6) is 2.74. The number of nitrogens with one attached hydrogen (secondary N) is 1. The van der Waals surface area contributed by atoms with E-state index >= 15 is 0 Å². The molecule has 2 unspecified atom stereocenters. The first-order valence-corrected chi connectivity index (χ1v) is 9.04. The van der Waals surface area contributed by atoms with Crippen molar-refractivity contribution in [1.29, 1.82) is 0 Å². The minimum atomic E-state index is 0.150. The zero-order valence-electron chi connectivity index (χ0n) is 14.3. The van der Waals surface area contributed by atoms with Gasteiger partial charge in [0.15, 0.2) is 0 Å². The lowest BCUT2D eigenvalue weighted by molar-refractivity contribution is 0.411. The van der Waals surface area contributed by atoms with Crippen LogP contribution in [0.25, 0.3) is 0 Å². The average molecular weight is 308 g/mol. The van der Waals surface area contributed by atoms with Crippen molar-refractivity contribution in [2.75, 3.05) is 12.3 Å². The van der Waals surface area contributed by atoms with Gasteiger partial charge in [0.05, 0.1) is 5.25 Å². The Hall–Kier alpha value is -0.610. The van der Waals surface area contributed by atoms with Gasteiger partial charge in [0, 0.05) is 23.5 Å². The molecule has 1 N–H and O–H groups in total. The Bertz CT molecular complexity index is 464. The van der Waals surface area contributed by atoms with E-state index in [2.05, 4.69) is 46.9 Å².